The zero-order valence-electron chi connectivity index (χ0n) is 13.3. The average Bonchev–Trinajstić information content (AvgIpc) is 2.99. The van der Waals surface area contributed by atoms with Crippen LogP contribution >= 0.6 is 0 Å². The highest BCUT2D eigenvalue weighted by Crippen LogP contribution is 2.28. The zero-order valence-corrected chi connectivity index (χ0v) is 13.3. The summed E-state index contributed by atoms with van der Waals surface area (Å²) in [5, 5.41) is 5.42. The monoisotopic (exact) mass is 317 g/mol. The van der Waals surface area contributed by atoms with Crippen molar-refractivity contribution < 1.29 is 18.7 Å². The molecule has 0 saturated heterocycles. The first-order chi connectivity index (χ1) is 11.0. The highest BCUT2D eigenvalue weighted by atomic mass is 16.5. The molecule has 0 aliphatic carbocycles. The van der Waals surface area contributed by atoms with Crippen LogP contribution in [-0.4, -0.2) is 31.0 Å². The average molecular weight is 317 g/mol. The number of furan rings is 1. The van der Waals surface area contributed by atoms with Gasteiger partial charge in [0.2, 0.25) is 5.91 Å². The van der Waals surface area contributed by atoms with E-state index in [2.05, 4.69) is 10.6 Å². The molecule has 1 aromatic heterocycles. The van der Waals surface area contributed by atoms with Crippen LogP contribution in [0.1, 0.15) is 12.7 Å². The van der Waals surface area contributed by atoms with Crippen molar-refractivity contribution in [2.24, 2.45) is 0 Å². The normalized spacial score (nSPS) is 10.0. The summed E-state index contributed by atoms with van der Waals surface area (Å²) < 4.78 is 10.4. The summed E-state index contributed by atoms with van der Waals surface area (Å²) in [5.74, 6) is 0.989. The standard InChI is InChI=1S/C16H19N3O4/c1-11(20)17-12-6-7-15(22-3)14(9-12)18-16(21)19(2)10-13-5-4-8-23-13/h4-9H,10H2,1-3H3,(H,17,20)(H,18,21). The molecule has 7 nitrogen and oxygen atoms in total. The van der Waals surface area contributed by atoms with Crippen LogP contribution in [0.15, 0.2) is 41.0 Å². The quantitative estimate of drug-likeness (QED) is 0.888. The van der Waals surface area contributed by atoms with E-state index in [1.807, 2.05) is 0 Å². The second-order valence-electron chi connectivity index (χ2n) is 4.96. The maximum Gasteiger partial charge on any atom is 0.322 e. The van der Waals surface area contributed by atoms with E-state index in [0.29, 0.717) is 29.4 Å². The van der Waals surface area contributed by atoms with Crippen molar-refractivity contribution >= 4 is 23.3 Å². The molecule has 0 bridgehead atoms. The van der Waals surface area contributed by atoms with Gasteiger partial charge in [0, 0.05) is 19.7 Å². The van der Waals surface area contributed by atoms with E-state index < -0.39 is 0 Å². The topological polar surface area (TPSA) is 83.8 Å². The molecule has 7 heteroatoms. The Bertz CT molecular complexity index is 683. The molecule has 2 aromatic rings. The third kappa shape index (κ3) is 4.50. The minimum Gasteiger partial charge on any atom is -0.495 e. The lowest BCUT2D eigenvalue weighted by Crippen LogP contribution is -2.30. The number of methoxy groups -OCH3 is 1. The molecule has 0 saturated carbocycles. The van der Waals surface area contributed by atoms with Crippen LogP contribution in [0.25, 0.3) is 0 Å². The van der Waals surface area contributed by atoms with Crippen LogP contribution in [-0.2, 0) is 11.3 Å². The van der Waals surface area contributed by atoms with Gasteiger partial charge in [-0.25, -0.2) is 4.79 Å². The number of amides is 3. The van der Waals surface area contributed by atoms with Gasteiger partial charge in [-0.15, -0.1) is 0 Å². The number of carbonyl (C=O) groups excluding carboxylic acids is 2. The summed E-state index contributed by atoms with van der Waals surface area (Å²) in [6.07, 6.45) is 1.56. The number of anilines is 2. The molecule has 3 amide bonds. The largest absolute Gasteiger partial charge is 0.495 e. The first kappa shape index (κ1) is 16.4. The molecule has 2 rings (SSSR count). The van der Waals surface area contributed by atoms with E-state index in [0.717, 1.165) is 0 Å². The summed E-state index contributed by atoms with van der Waals surface area (Å²) in [6, 6.07) is 8.25. The van der Waals surface area contributed by atoms with Crippen LogP contribution < -0.4 is 15.4 Å². The lowest BCUT2D eigenvalue weighted by atomic mass is 10.2. The third-order valence-electron chi connectivity index (χ3n) is 3.08. The van der Waals surface area contributed by atoms with Crippen LogP contribution in [0.4, 0.5) is 16.2 Å². The first-order valence-corrected chi connectivity index (χ1v) is 6.99. The lowest BCUT2D eigenvalue weighted by molar-refractivity contribution is -0.114. The molecule has 0 unspecified atom stereocenters. The van der Waals surface area contributed by atoms with Crippen molar-refractivity contribution in [2.75, 3.05) is 24.8 Å². The zero-order chi connectivity index (χ0) is 16.8. The number of benzene rings is 1. The van der Waals surface area contributed by atoms with Gasteiger partial charge in [0.1, 0.15) is 11.5 Å². The molecule has 0 atom stereocenters. The summed E-state index contributed by atoms with van der Waals surface area (Å²) in [4.78, 5) is 24.9. The highest BCUT2D eigenvalue weighted by molar-refractivity contribution is 5.94. The van der Waals surface area contributed by atoms with E-state index in [4.69, 9.17) is 9.15 Å². The summed E-state index contributed by atoms with van der Waals surface area (Å²) in [7, 11) is 3.16. The second-order valence-corrected chi connectivity index (χ2v) is 4.96. The van der Waals surface area contributed by atoms with Gasteiger partial charge in [-0.3, -0.25) is 4.79 Å². The Morgan fingerprint density at radius 2 is 2.04 bits per heavy atom. The Balaban J connectivity index is 2.10. The predicted octanol–water partition coefficient (Wildman–Crippen LogP) is 2.91. The van der Waals surface area contributed by atoms with Gasteiger partial charge in [0.15, 0.2) is 0 Å². The van der Waals surface area contributed by atoms with E-state index in [-0.39, 0.29) is 11.9 Å². The molecule has 0 fully saturated rings. The Kier molecular flexibility index (Phi) is 5.24. The van der Waals surface area contributed by atoms with Gasteiger partial charge in [-0.05, 0) is 30.3 Å². The number of urea groups is 1. The molecule has 0 radical (unpaired) electrons. The second kappa shape index (κ2) is 7.35. The van der Waals surface area contributed by atoms with E-state index in [9.17, 15) is 9.59 Å². The van der Waals surface area contributed by atoms with Crippen LogP contribution in [0.5, 0.6) is 5.75 Å². The number of ether oxygens (including phenoxy) is 1. The van der Waals surface area contributed by atoms with Crippen LogP contribution in [0.2, 0.25) is 0 Å². The van der Waals surface area contributed by atoms with Crippen LogP contribution in [0, 0.1) is 0 Å². The number of hydrogen-bond acceptors (Lipinski definition) is 4. The lowest BCUT2D eigenvalue weighted by Gasteiger charge is -2.18. The molecule has 0 aliphatic heterocycles. The molecular formula is C16H19N3O4. The first-order valence-electron chi connectivity index (χ1n) is 6.99. The van der Waals surface area contributed by atoms with E-state index in [1.54, 1.807) is 43.6 Å². The maximum absolute atomic E-state index is 12.3. The summed E-state index contributed by atoms with van der Waals surface area (Å²) in [6.45, 7) is 1.76. The Hall–Kier alpha value is -2.96. The van der Waals surface area contributed by atoms with Crippen molar-refractivity contribution in [3.05, 3.63) is 42.4 Å². The maximum atomic E-state index is 12.3. The summed E-state index contributed by atoms with van der Waals surface area (Å²) >= 11 is 0. The molecule has 0 aliphatic rings. The number of nitrogens with one attached hydrogen (secondary N) is 2. The fourth-order valence-electron chi connectivity index (χ4n) is 2.01. The smallest absolute Gasteiger partial charge is 0.322 e. The number of nitrogens with zero attached hydrogens (tertiary/aromatic N) is 1. The van der Waals surface area contributed by atoms with Crippen molar-refractivity contribution in [2.45, 2.75) is 13.5 Å². The van der Waals surface area contributed by atoms with Crippen molar-refractivity contribution in [1.29, 1.82) is 0 Å². The minimum absolute atomic E-state index is 0.192. The van der Waals surface area contributed by atoms with Gasteiger partial charge in [-0.2, -0.15) is 0 Å². The van der Waals surface area contributed by atoms with Gasteiger partial charge in [0.05, 0.1) is 25.6 Å². The minimum atomic E-state index is -0.320. The molecule has 2 N–H and O–H groups in total. The van der Waals surface area contributed by atoms with E-state index >= 15 is 0 Å². The van der Waals surface area contributed by atoms with E-state index in [1.165, 1.54) is 18.9 Å². The van der Waals surface area contributed by atoms with Crippen molar-refractivity contribution in [1.82, 2.24) is 4.90 Å². The Morgan fingerprint density at radius 3 is 2.65 bits per heavy atom. The molecule has 23 heavy (non-hydrogen) atoms. The fraction of sp³-hybridized carbons (Fsp3) is 0.250. The molecule has 1 aromatic carbocycles. The van der Waals surface area contributed by atoms with Gasteiger partial charge >= 0.3 is 6.03 Å². The molecule has 1 heterocycles. The number of carbonyl (C=O) groups is 2. The number of hydrogen-bond donors (Lipinski definition) is 2. The Morgan fingerprint density at radius 1 is 1.26 bits per heavy atom. The van der Waals surface area contributed by atoms with Gasteiger partial charge in [0.25, 0.3) is 0 Å². The SMILES string of the molecule is COc1ccc(NC(C)=O)cc1NC(=O)N(C)Cc1ccco1. The van der Waals surface area contributed by atoms with Crippen molar-refractivity contribution in [3.8, 4) is 5.75 Å². The van der Waals surface area contributed by atoms with Crippen molar-refractivity contribution in [3.63, 3.8) is 0 Å². The molecular weight excluding hydrogens is 298 g/mol. The Labute approximate surface area is 134 Å². The molecule has 122 valence electrons. The highest BCUT2D eigenvalue weighted by Gasteiger charge is 2.14. The van der Waals surface area contributed by atoms with Gasteiger partial charge in [-0.1, -0.05) is 0 Å². The third-order valence-corrected chi connectivity index (χ3v) is 3.08. The number of rotatable bonds is 5. The molecule has 0 spiro atoms. The summed E-state index contributed by atoms with van der Waals surface area (Å²) in [5.41, 5.74) is 1.04. The van der Waals surface area contributed by atoms with Gasteiger partial charge < -0.3 is 24.7 Å². The fourth-order valence-corrected chi connectivity index (χ4v) is 2.01. The predicted molar refractivity (Wildman–Crippen MR) is 86.5 cm³/mol. The van der Waals surface area contributed by atoms with Crippen LogP contribution in [0.3, 0.4) is 0 Å².